The van der Waals surface area contributed by atoms with Gasteiger partial charge in [-0.1, -0.05) is 76.2 Å². The minimum atomic E-state index is 0.552. The van der Waals surface area contributed by atoms with Gasteiger partial charge < -0.3 is 9.78 Å². The third kappa shape index (κ3) is 4.94. The van der Waals surface area contributed by atoms with Crippen LogP contribution in [0.25, 0.3) is 21.5 Å². The van der Waals surface area contributed by atoms with Crippen molar-refractivity contribution in [1.82, 2.24) is 0 Å². The van der Waals surface area contributed by atoms with Crippen LogP contribution in [0.3, 0.4) is 0 Å². The molecule has 0 atom stereocenters. The molecule has 3 aromatic rings. The fourth-order valence-corrected chi connectivity index (χ4v) is 3.00. The molecule has 0 saturated carbocycles. The summed E-state index contributed by atoms with van der Waals surface area (Å²) in [6, 6.07) is 16.0. The second kappa shape index (κ2) is 9.76. The molecule has 0 aliphatic rings. The summed E-state index contributed by atoms with van der Waals surface area (Å²) >= 11 is 0. The van der Waals surface area contributed by atoms with Crippen LogP contribution >= 0.6 is 0 Å². The van der Waals surface area contributed by atoms with Crippen LogP contribution in [0.4, 0.5) is 0 Å². The number of fused-ring (bicyclic) bond motifs is 2. The molecule has 150 valence electrons. The minimum absolute atomic E-state index is 0.552. The van der Waals surface area contributed by atoms with Gasteiger partial charge in [0, 0.05) is 21.5 Å². The average molecular weight is 383 g/mol. The Bertz CT molecular complexity index is 771. The monoisotopic (exact) mass is 382 g/mol. The molecule has 4 heteroatoms. The number of hydrogen-bond acceptors (Lipinski definition) is 4. The first-order valence-electron chi connectivity index (χ1n) is 10.1. The van der Waals surface area contributed by atoms with Crippen LogP contribution in [0.2, 0.25) is 0 Å². The molecule has 0 aliphatic heterocycles. The van der Waals surface area contributed by atoms with Gasteiger partial charge >= 0.3 is 0 Å². The SMILES string of the molecule is CC(C)CCOOc1c2ccccc2c(OOCCC(C)C)c2ccccc12. The van der Waals surface area contributed by atoms with Gasteiger partial charge in [0.15, 0.2) is 11.5 Å². The van der Waals surface area contributed by atoms with Crippen LogP contribution in [0, 0.1) is 11.8 Å². The van der Waals surface area contributed by atoms with Gasteiger partial charge in [-0.25, -0.2) is 0 Å². The lowest BCUT2D eigenvalue weighted by Gasteiger charge is -2.16. The number of benzene rings is 3. The molecule has 28 heavy (non-hydrogen) atoms. The van der Waals surface area contributed by atoms with E-state index in [0.717, 1.165) is 34.4 Å². The zero-order valence-electron chi connectivity index (χ0n) is 17.2. The van der Waals surface area contributed by atoms with Crippen molar-refractivity contribution < 1.29 is 19.6 Å². The molecular formula is C24H30O4. The van der Waals surface area contributed by atoms with E-state index in [1.165, 1.54) is 0 Å². The van der Waals surface area contributed by atoms with Gasteiger partial charge in [0.25, 0.3) is 0 Å². The smallest absolute Gasteiger partial charge is 0.181 e. The Morgan fingerprint density at radius 1 is 0.571 bits per heavy atom. The molecule has 0 bridgehead atoms. The summed E-state index contributed by atoms with van der Waals surface area (Å²) < 4.78 is 0. The van der Waals surface area contributed by atoms with Gasteiger partial charge in [-0.3, -0.25) is 0 Å². The van der Waals surface area contributed by atoms with Crippen molar-refractivity contribution in [2.75, 3.05) is 13.2 Å². The van der Waals surface area contributed by atoms with E-state index < -0.39 is 0 Å². The lowest BCUT2D eigenvalue weighted by molar-refractivity contribution is -0.208. The molecule has 4 nitrogen and oxygen atoms in total. The molecule has 0 heterocycles. The van der Waals surface area contributed by atoms with Crippen molar-refractivity contribution in [2.45, 2.75) is 40.5 Å². The number of hydrogen-bond donors (Lipinski definition) is 0. The molecule has 0 amide bonds. The maximum atomic E-state index is 5.80. The van der Waals surface area contributed by atoms with E-state index in [2.05, 4.69) is 27.7 Å². The summed E-state index contributed by atoms with van der Waals surface area (Å²) in [5, 5.41) is 3.75. The Morgan fingerprint density at radius 3 is 1.18 bits per heavy atom. The maximum absolute atomic E-state index is 5.80. The van der Waals surface area contributed by atoms with Crippen LogP contribution in [-0.2, 0) is 9.78 Å². The second-order valence-electron chi connectivity index (χ2n) is 7.93. The molecule has 0 unspecified atom stereocenters. The molecule has 3 aromatic carbocycles. The number of rotatable bonds is 10. The third-order valence-corrected chi connectivity index (χ3v) is 4.67. The quantitative estimate of drug-likeness (QED) is 0.169. The van der Waals surface area contributed by atoms with Crippen LogP contribution in [-0.4, -0.2) is 13.2 Å². The maximum Gasteiger partial charge on any atom is 0.181 e. The second-order valence-corrected chi connectivity index (χ2v) is 7.93. The molecule has 3 rings (SSSR count). The Morgan fingerprint density at radius 2 is 0.893 bits per heavy atom. The third-order valence-electron chi connectivity index (χ3n) is 4.67. The minimum Gasteiger partial charge on any atom is -0.336 e. The van der Waals surface area contributed by atoms with Gasteiger partial charge in [0.1, 0.15) is 0 Å². The highest BCUT2D eigenvalue weighted by Crippen LogP contribution is 2.42. The van der Waals surface area contributed by atoms with Gasteiger partial charge in [0.2, 0.25) is 0 Å². The summed E-state index contributed by atoms with van der Waals surface area (Å²) in [6.07, 6.45) is 1.89. The first-order valence-corrected chi connectivity index (χ1v) is 10.1. The zero-order chi connectivity index (χ0) is 19.9. The largest absolute Gasteiger partial charge is 0.336 e. The van der Waals surface area contributed by atoms with E-state index in [1.54, 1.807) is 0 Å². The van der Waals surface area contributed by atoms with Crippen molar-refractivity contribution in [3.8, 4) is 11.5 Å². The van der Waals surface area contributed by atoms with E-state index in [9.17, 15) is 0 Å². The predicted molar refractivity (Wildman–Crippen MR) is 114 cm³/mol. The molecule has 0 spiro atoms. The highest BCUT2D eigenvalue weighted by molar-refractivity contribution is 6.10. The van der Waals surface area contributed by atoms with Crippen LogP contribution < -0.4 is 9.78 Å². The zero-order valence-corrected chi connectivity index (χ0v) is 17.2. The first kappa shape index (κ1) is 20.4. The van der Waals surface area contributed by atoms with Gasteiger partial charge in [-0.2, -0.15) is 9.78 Å². The fourth-order valence-electron chi connectivity index (χ4n) is 3.00. The Labute approximate surface area is 167 Å². The highest BCUT2D eigenvalue weighted by Gasteiger charge is 2.17. The molecule has 0 fully saturated rings. The summed E-state index contributed by atoms with van der Waals surface area (Å²) in [5.74, 6) is 2.56. The topological polar surface area (TPSA) is 36.9 Å². The summed E-state index contributed by atoms with van der Waals surface area (Å²) in [4.78, 5) is 22.7. The van der Waals surface area contributed by atoms with E-state index in [4.69, 9.17) is 19.6 Å². The fraction of sp³-hybridized carbons (Fsp3) is 0.417. The van der Waals surface area contributed by atoms with E-state index in [1.807, 2.05) is 48.5 Å². The van der Waals surface area contributed by atoms with Crippen molar-refractivity contribution in [3.05, 3.63) is 48.5 Å². The van der Waals surface area contributed by atoms with Crippen molar-refractivity contribution in [3.63, 3.8) is 0 Å². The summed E-state index contributed by atoms with van der Waals surface area (Å²) in [6.45, 7) is 9.77. The summed E-state index contributed by atoms with van der Waals surface area (Å²) in [5.41, 5.74) is 0. The molecule has 0 aliphatic carbocycles. The van der Waals surface area contributed by atoms with Gasteiger partial charge in [-0.15, -0.1) is 0 Å². The van der Waals surface area contributed by atoms with E-state index in [0.29, 0.717) is 36.5 Å². The van der Waals surface area contributed by atoms with Crippen LogP contribution in [0.5, 0.6) is 11.5 Å². The van der Waals surface area contributed by atoms with Crippen molar-refractivity contribution in [1.29, 1.82) is 0 Å². The molecular weight excluding hydrogens is 352 g/mol. The van der Waals surface area contributed by atoms with Crippen molar-refractivity contribution in [2.24, 2.45) is 11.8 Å². The summed E-state index contributed by atoms with van der Waals surface area (Å²) in [7, 11) is 0. The lowest BCUT2D eigenvalue weighted by atomic mass is 10.0. The van der Waals surface area contributed by atoms with Gasteiger partial charge in [-0.05, 0) is 24.7 Å². The van der Waals surface area contributed by atoms with Crippen molar-refractivity contribution >= 4 is 21.5 Å². The standard InChI is InChI=1S/C24H30O4/c1-17(2)13-15-25-27-23-19-9-5-7-11-21(19)24(28-26-16-14-18(3)4)22-12-8-6-10-20(22)23/h5-12,17-18H,13-16H2,1-4H3. The molecule has 0 N–H and O–H groups in total. The first-order chi connectivity index (χ1) is 13.6. The highest BCUT2D eigenvalue weighted by atomic mass is 17.2. The Hall–Kier alpha value is -2.30. The van der Waals surface area contributed by atoms with E-state index >= 15 is 0 Å². The lowest BCUT2D eigenvalue weighted by Crippen LogP contribution is -2.05. The van der Waals surface area contributed by atoms with Crippen LogP contribution in [0.1, 0.15) is 40.5 Å². The normalized spacial score (nSPS) is 11.6. The van der Waals surface area contributed by atoms with E-state index in [-0.39, 0.29) is 0 Å². The molecule has 0 radical (unpaired) electrons. The molecule has 0 aromatic heterocycles. The average Bonchev–Trinajstić information content (AvgIpc) is 2.68. The Balaban J connectivity index is 1.96. The predicted octanol–water partition coefficient (Wildman–Crippen LogP) is 6.71. The van der Waals surface area contributed by atoms with Gasteiger partial charge in [0.05, 0.1) is 13.2 Å². The Kier molecular flexibility index (Phi) is 7.12. The molecule has 0 saturated heterocycles. The van der Waals surface area contributed by atoms with Crippen LogP contribution in [0.15, 0.2) is 48.5 Å².